The van der Waals surface area contributed by atoms with Gasteiger partial charge in [0.25, 0.3) is 0 Å². The number of nitrogens with zero attached hydrogens (tertiary/aromatic N) is 3. The molecular weight excluding hydrogens is 763 g/mol. The van der Waals surface area contributed by atoms with Crippen LogP contribution in [-0.2, 0) is 5.41 Å². The van der Waals surface area contributed by atoms with Crippen LogP contribution >= 0.6 is 0 Å². The van der Waals surface area contributed by atoms with Crippen LogP contribution in [0.15, 0.2) is 212 Å². The molecule has 1 aliphatic rings. The van der Waals surface area contributed by atoms with Crippen LogP contribution in [0, 0.1) is 0 Å². The minimum absolute atomic E-state index is 0.153. The van der Waals surface area contributed by atoms with Gasteiger partial charge in [-0.2, -0.15) is 0 Å². The van der Waals surface area contributed by atoms with E-state index in [0.717, 1.165) is 33.8 Å². The van der Waals surface area contributed by atoms with Crippen LogP contribution in [0.5, 0.6) is 0 Å². The van der Waals surface area contributed by atoms with Crippen molar-refractivity contribution in [2.45, 2.75) is 19.3 Å². The molecule has 0 saturated carbocycles. The predicted molar refractivity (Wildman–Crippen MR) is 264 cm³/mol. The fraction of sp³-hybridized carbons (Fsp3) is 0.0500. The van der Waals surface area contributed by atoms with Gasteiger partial charge >= 0.3 is 0 Å². The number of para-hydroxylation sites is 5. The van der Waals surface area contributed by atoms with E-state index in [2.05, 4.69) is 235 Å². The number of imidazole rings is 1. The molecule has 296 valence electrons. The van der Waals surface area contributed by atoms with Gasteiger partial charge in [0.05, 0.1) is 22.1 Å². The maximum Gasteiger partial charge on any atom is 0.145 e. The largest absolute Gasteiger partial charge is 0.309 e. The summed E-state index contributed by atoms with van der Waals surface area (Å²) in [5.74, 6) is 0.930. The predicted octanol–water partition coefficient (Wildman–Crippen LogP) is 15.7. The van der Waals surface area contributed by atoms with Crippen LogP contribution in [0.4, 0.5) is 0 Å². The van der Waals surface area contributed by atoms with Gasteiger partial charge in [-0.25, -0.2) is 4.98 Å². The molecule has 0 fully saturated rings. The smallest absolute Gasteiger partial charge is 0.145 e. The number of hydrogen-bond acceptors (Lipinski definition) is 1. The molecule has 13 rings (SSSR count). The standard InChI is InChI=1S/C60H41N3/c1-60(2)51-26-11-8-21-43(51)48-36-49-50(37-52(48)60)57(38-31-33-39(34-32-38)59-61-53-27-12-15-30-56(53)63(59)41-18-4-3-5-19-41)46-24-6-7-25-47(46)58(49)40-17-16-20-42(35-40)62-54-28-13-9-22-44(54)45-23-10-14-29-55(45)62/h3-37H,1-2H3. The third-order valence-electron chi connectivity index (χ3n) is 13.7. The first kappa shape index (κ1) is 35.7. The molecule has 2 heterocycles. The zero-order valence-electron chi connectivity index (χ0n) is 35.0. The molecule has 2 aromatic heterocycles. The maximum absolute atomic E-state index is 5.20. The first-order chi connectivity index (χ1) is 31.0. The quantitative estimate of drug-likeness (QED) is 0.159. The highest BCUT2D eigenvalue weighted by atomic mass is 15.1. The minimum Gasteiger partial charge on any atom is -0.309 e. The maximum atomic E-state index is 5.20. The number of hydrogen-bond donors (Lipinski definition) is 0. The Hall–Kier alpha value is -8.01. The molecule has 0 radical (unpaired) electrons. The van der Waals surface area contributed by atoms with Crippen molar-refractivity contribution in [3.63, 3.8) is 0 Å². The molecule has 0 amide bonds. The lowest BCUT2D eigenvalue weighted by atomic mass is 9.79. The molecule has 0 unspecified atom stereocenters. The Labute approximate surface area is 365 Å². The van der Waals surface area contributed by atoms with Crippen molar-refractivity contribution in [2.75, 3.05) is 0 Å². The molecule has 0 saturated heterocycles. The average Bonchev–Trinajstić information content (AvgIpc) is 3.96. The van der Waals surface area contributed by atoms with E-state index in [4.69, 9.17) is 4.98 Å². The number of rotatable bonds is 5. The highest BCUT2D eigenvalue weighted by Crippen LogP contribution is 2.53. The van der Waals surface area contributed by atoms with Crippen molar-refractivity contribution < 1.29 is 0 Å². The van der Waals surface area contributed by atoms with Crippen molar-refractivity contribution in [2.24, 2.45) is 0 Å². The van der Waals surface area contributed by atoms with Crippen molar-refractivity contribution >= 4 is 54.4 Å². The summed E-state index contributed by atoms with van der Waals surface area (Å²) >= 11 is 0. The molecule has 1 aliphatic carbocycles. The van der Waals surface area contributed by atoms with Gasteiger partial charge in [0, 0.05) is 33.1 Å². The fourth-order valence-corrected chi connectivity index (χ4v) is 10.8. The third kappa shape index (κ3) is 5.23. The summed E-state index contributed by atoms with van der Waals surface area (Å²) in [5, 5.41) is 7.51. The van der Waals surface area contributed by atoms with Gasteiger partial charge < -0.3 is 4.57 Å². The Morgan fingerprint density at radius 3 is 1.63 bits per heavy atom. The van der Waals surface area contributed by atoms with Crippen molar-refractivity contribution in [1.29, 1.82) is 0 Å². The molecule has 3 heteroatoms. The Morgan fingerprint density at radius 1 is 0.349 bits per heavy atom. The van der Waals surface area contributed by atoms with E-state index in [0.29, 0.717) is 0 Å². The summed E-state index contributed by atoms with van der Waals surface area (Å²) < 4.78 is 4.71. The summed E-state index contributed by atoms with van der Waals surface area (Å²) in [7, 11) is 0. The monoisotopic (exact) mass is 803 g/mol. The summed E-state index contributed by atoms with van der Waals surface area (Å²) in [6.07, 6.45) is 0. The fourth-order valence-electron chi connectivity index (χ4n) is 10.8. The number of fused-ring (bicyclic) bond motifs is 9. The molecular formula is C60H41N3. The lowest BCUT2D eigenvalue weighted by molar-refractivity contribution is 0.661. The number of benzene rings is 10. The summed E-state index contributed by atoms with van der Waals surface area (Å²) in [4.78, 5) is 5.20. The van der Waals surface area contributed by atoms with Crippen molar-refractivity contribution in [3.8, 4) is 56.1 Å². The highest BCUT2D eigenvalue weighted by molar-refractivity contribution is 6.22. The molecule has 12 aromatic rings. The zero-order chi connectivity index (χ0) is 41.8. The van der Waals surface area contributed by atoms with Crippen molar-refractivity contribution in [3.05, 3.63) is 223 Å². The van der Waals surface area contributed by atoms with E-state index >= 15 is 0 Å². The van der Waals surface area contributed by atoms with Gasteiger partial charge in [-0.15, -0.1) is 0 Å². The zero-order valence-corrected chi connectivity index (χ0v) is 35.0. The first-order valence-corrected chi connectivity index (χ1v) is 21.9. The average molecular weight is 804 g/mol. The van der Waals surface area contributed by atoms with Gasteiger partial charge in [-0.1, -0.05) is 166 Å². The van der Waals surface area contributed by atoms with Gasteiger partial charge in [-0.05, 0) is 127 Å². The van der Waals surface area contributed by atoms with E-state index in [-0.39, 0.29) is 5.41 Å². The van der Waals surface area contributed by atoms with Crippen LogP contribution in [-0.4, -0.2) is 14.1 Å². The number of aromatic nitrogens is 3. The molecule has 0 bridgehead atoms. The van der Waals surface area contributed by atoms with Gasteiger partial charge in [0.1, 0.15) is 5.82 Å². The Balaban J connectivity index is 1.07. The molecule has 0 spiro atoms. The Kier molecular flexibility index (Phi) is 7.65. The Morgan fingerprint density at radius 2 is 0.905 bits per heavy atom. The topological polar surface area (TPSA) is 22.8 Å². The highest BCUT2D eigenvalue weighted by Gasteiger charge is 2.36. The minimum atomic E-state index is -0.153. The van der Waals surface area contributed by atoms with E-state index in [1.807, 2.05) is 0 Å². The van der Waals surface area contributed by atoms with Crippen molar-refractivity contribution in [1.82, 2.24) is 14.1 Å². The summed E-state index contributed by atoms with van der Waals surface area (Å²) in [6, 6.07) is 77.9. The normalized spacial score (nSPS) is 13.0. The third-order valence-corrected chi connectivity index (χ3v) is 13.7. The van der Waals surface area contributed by atoms with Crippen LogP contribution in [0.2, 0.25) is 0 Å². The lowest BCUT2D eigenvalue weighted by Crippen LogP contribution is -2.14. The van der Waals surface area contributed by atoms with E-state index < -0.39 is 0 Å². The summed E-state index contributed by atoms with van der Waals surface area (Å²) in [5.41, 5.74) is 17.9. The lowest BCUT2D eigenvalue weighted by Gasteiger charge is -2.24. The van der Waals surface area contributed by atoms with Gasteiger partial charge in [0.2, 0.25) is 0 Å². The van der Waals surface area contributed by atoms with E-state index in [1.54, 1.807) is 0 Å². The molecule has 10 aromatic carbocycles. The van der Waals surface area contributed by atoms with Crippen LogP contribution in [0.1, 0.15) is 25.0 Å². The van der Waals surface area contributed by atoms with Crippen LogP contribution < -0.4 is 0 Å². The molecule has 0 atom stereocenters. The van der Waals surface area contributed by atoms with Crippen LogP contribution in [0.3, 0.4) is 0 Å². The van der Waals surface area contributed by atoms with Crippen LogP contribution in [0.25, 0.3) is 111 Å². The molecule has 3 nitrogen and oxygen atoms in total. The molecule has 63 heavy (non-hydrogen) atoms. The molecule has 0 aliphatic heterocycles. The van der Waals surface area contributed by atoms with Gasteiger partial charge in [-0.3, -0.25) is 4.57 Å². The Bertz CT molecular complexity index is 3760. The SMILES string of the molecule is CC1(C)c2ccccc2-c2cc3c(-c4cccc(-n5c6ccccc6c6ccccc65)c4)c4ccccc4c(-c4ccc(-c5nc6ccccc6n5-c5ccccc5)cc4)c3cc21. The second-order valence-corrected chi connectivity index (χ2v) is 17.5. The molecule has 0 N–H and O–H groups in total. The second-order valence-electron chi connectivity index (χ2n) is 17.5. The van der Waals surface area contributed by atoms with E-state index in [1.165, 1.54) is 87.9 Å². The first-order valence-electron chi connectivity index (χ1n) is 21.9. The van der Waals surface area contributed by atoms with E-state index in [9.17, 15) is 0 Å². The van der Waals surface area contributed by atoms with Gasteiger partial charge in [0.15, 0.2) is 0 Å². The summed E-state index contributed by atoms with van der Waals surface area (Å²) in [6.45, 7) is 4.77. The second kappa shape index (κ2) is 13.5.